The lowest BCUT2D eigenvalue weighted by Gasteiger charge is -2.02. The molecule has 0 fully saturated rings. The number of phenols is 2. The molecule has 2 aromatic rings. The van der Waals surface area contributed by atoms with Crippen LogP contribution in [0.1, 0.15) is 22.3 Å². The fourth-order valence-electron chi connectivity index (χ4n) is 1.62. The number of benzene rings is 2. The van der Waals surface area contributed by atoms with Gasteiger partial charge in [-0.2, -0.15) is 0 Å². The van der Waals surface area contributed by atoms with Crippen molar-refractivity contribution >= 4 is 23.2 Å². The quantitative estimate of drug-likeness (QED) is 0.690. The summed E-state index contributed by atoms with van der Waals surface area (Å²) in [6.45, 7) is 7.28. The second kappa shape index (κ2) is 6.87. The highest BCUT2D eigenvalue weighted by atomic mass is 35.5. The number of aryl methyl sites for hydroxylation is 2. The highest BCUT2D eigenvalue weighted by Gasteiger charge is 2.03. The van der Waals surface area contributed by atoms with Crippen LogP contribution < -0.4 is 0 Å². The SMILES string of the molecule is Cc1ccc(Cl)c(C)c1O.Cc1ccc(Cl)c(C)c1O. The highest BCUT2D eigenvalue weighted by Crippen LogP contribution is 2.28. The van der Waals surface area contributed by atoms with Crippen molar-refractivity contribution in [3.8, 4) is 11.5 Å². The first-order valence-corrected chi connectivity index (χ1v) is 6.90. The average molecular weight is 313 g/mol. The molecule has 0 aliphatic carbocycles. The molecule has 0 aromatic heterocycles. The van der Waals surface area contributed by atoms with Crippen molar-refractivity contribution in [3.05, 3.63) is 56.6 Å². The van der Waals surface area contributed by atoms with Gasteiger partial charge in [-0.05, 0) is 51.0 Å². The van der Waals surface area contributed by atoms with Gasteiger partial charge in [0, 0.05) is 21.2 Å². The van der Waals surface area contributed by atoms with Crippen LogP contribution in [0, 0.1) is 27.7 Å². The average Bonchev–Trinajstić information content (AvgIpc) is 2.43. The van der Waals surface area contributed by atoms with Crippen LogP contribution in [-0.4, -0.2) is 10.2 Å². The van der Waals surface area contributed by atoms with E-state index in [4.69, 9.17) is 23.2 Å². The van der Waals surface area contributed by atoms with Gasteiger partial charge in [0.1, 0.15) is 11.5 Å². The Labute approximate surface area is 129 Å². The summed E-state index contributed by atoms with van der Waals surface area (Å²) < 4.78 is 0. The van der Waals surface area contributed by atoms with E-state index >= 15 is 0 Å². The molecule has 2 aromatic carbocycles. The van der Waals surface area contributed by atoms with Crippen LogP contribution in [0.4, 0.5) is 0 Å². The van der Waals surface area contributed by atoms with Crippen LogP contribution in [0.5, 0.6) is 11.5 Å². The normalized spacial score (nSPS) is 9.90. The lowest BCUT2D eigenvalue weighted by Crippen LogP contribution is -1.80. The zero-order valence-electron chi connectivity index (χ0n) is 12.0. The summed E-state index contributed by atoms with van der Waals surface area (Å²) >= 11 is 11.5. The Bertz CT molecular complexity index is 513. The summed E-state index contributed by atoms with van der Waals surface area (Å²) in [6.07, 6.45) is 0. The Morgan fingerprint density at radius 3 is 1.20 bits per heavy atom. The van der Waals surface area contributed by atoms with Crippen molar-refractivity contribution in [2.45, 2.75) is 27.7 Å². The van der Waals surface area contributed by atoms with Crippen LogP contribution in [0.2, 0.25) is 10.0 Å². The van der Waals surface area contributed by atoms with Crippen LogP contribution in [0.3, 0.4) is 0 Å². The molecule has 20 heavy (non-hydrogen) atoms. The first-order valence-electron chi connectivity index (χ1n) is 6.15. The largest absolute Gasteiger partial charge is 0.507 e. The van der Waals surface area contributed by atoms with E-state index in [0.29, 0.717) is 21.5 Å². The molecule has 0 spiro atoms. The molecule has 0 radical (unpaired) electrons. The smallest absolute Gasteiger partial charge is 0.122 e. The Morgan fingerprint density at radius 1 is 0.650 bits per heavy atom. The van der Waals surface area contributed by atoms with Gasteiger partial charge in [-0.3, -0.25) is 0 Å². The van der Waals surface area contributed by atoms with Gasteiger partial charge in [0.25, 0.3) is 0 Å². The molecule has 0 saturated carbocycles. The summed E-state index contributed by atoms with van der Waals surface area (Å²) in [5, 5.41) is 19.8. The minimum atomic E-state index is 0.299. The maximum absolute atomic E-state index is 9.30. The monoisotopic (exact) mass is 312 g/mol. The van der Waals surface area contributed by atoms with Crippen LogP contribution in [0.15, 0.2) is 24.3 Å². The molecule has 0 aliphatic rings. The number of hydrogen-bond acceptors (Lipinski definition) is 2. The molecule has 2 N–H and O–H groups in total. The first kappa shape index (κ1) is 16.7. The molecule has 0 bridgehead atoms. The second-order valence-electron chi connectivity index (χ2n) is 4.68. The Kier molecular flexibility index (Phi) is 5.73. The van der Waals surface area contributed by atoms with Gasteiger partial charge in [0.2, 0.25) is 0 Å². The van der Waals surface area contributed by atoms with E-state index in [2.05, 4.69) is 0 Å². The van der Waals surface area contributed by atoms with Crippen molar-refractivity contribution in [1.29, 1.82) is 0 Å². The molecule has 2 nitrogen and oxygen atoms in total. The van der Waals surface area contributed by atoms with E-state index in [1.54, 1.807) is 38.1 Å². The topological polar surface area (TPSA) is 40.5 Å². The van der Waals surface area contributed by atoms with Gasteiger partial charge in [0.05, 0.1) is 0 Å². The van der Waals surface area contributed by atoms with Gasteiger partial charge in [0.15, 0.2) is 0 Å². The van der Waals surface area contributed by atoms with Crippen LogP contribution in [-0.2, 0) is 0 Å². The van der Waals surface area contributed by atoms with Gasteiger partial charge in [-0.15, -0.1) is 0 Å². The summed E-state index contributed by atoms with van der Waals surface area (Å²) in [5.41, 5.74) is 3.23. The van der Waals surface area contributed by atoms with E-state index in [1.807, 2.05) is 13.8 Å². The number of hydrogen-bond donors (Lipinski definition) is 2. The fourth-order valence-corrected chi connectivity index (χ4v) is 1.93. The summed E-state index contributed by atoms with van der Waals surface area (Å²) in [6, 6.07) is 7.16. The van der Waals surface area contributed by atoms with Crippen LogP contribution >= 0.6 is 23.2 Å². The third-order valence-corrected chi connectivity index (χ3v) is 3.95. The molecular weight excluding hydrogens is 295 g/mol. The molecule has 2 rings (SSSR count). The Balaban J connectivity index is 0.000000200. The number of aromatic hydroxyl groups is 2. The first-order chi connectivity index (χ1) is 9.25. The summed E-state index contributed by atoms with van der Waals surface area (Å²) in [5.74, 6) is 0.597. The van der Waals surface area contributed by atoms with E-state index < -0.39 is 0 Å². The van der Waals surface area contributed by atoms with Crippen LogP contribution in [0.25, 0.3) is 0 Å². The lowest BCUT2D eigenvalue weighted by atomic mass is 10.1. The van der Waals surface area contributed by atoms with Gasteiger partial charge in [-0.1, -0.05) is 35.3 Å². The van der Waals surface area contributed by atoms with E-state index in [1.165, 1.54) is 0 Å². The van der Waals surface area contributed by atoms with E-state index in [9.17, 15) is 10.2 Å². The van der Waals surface area contributed by atoms with Gasteiger partial charge >= 0.3 is 0 Å². The molecule has 0 aliphatic heterocycles. The van der Waals surface area contributed by atoms with Crippen molar-refractivity contribution in [1.82, 2.24) is 0 Å². The molecule has 0 amide bonds. The summed E-state index contributed by atoms with van der Waals surface area (Å²) in [7, 11) is 0. The fraction of sp³-hybridized carbons (Fsp3) is 0.250. The zero-order valence-corrected chi connectivity index (χ0v) is 13.5. The highest BCUT2D eigenvalue weighted by molar-refractivity contribution is 6.31. The van der Waals surface area contributed by atoms with Crippen molar-refractivity contribution in [3.63, 3.8) is 0 Å². The third kappa shape index (κ3) is 3.81. The standard InChI is InChI=1S/2C8H9ClO/c2*1-5-3-4-7(9)6(2)8(5)10/h2*3-4,10H,1-2H3. The molecule has 0 heterocycles. The summed E-state index contributed by atoms with van der Waals surface area (Å²) in [4.78, 5) is 0. The van der Waals surface area contributed by atoms with E-state index in [-0.39, 0.29) is 0 Å². The minimum Gasteiger partial charge on any atom is -0.507 e. The van der Waals surface area contributed by atoms with Crippen molar-refractivity contribution < 1.29 is 10.2 Å². The molecule has 0 atom stereocenters. The predicted molar refractivity (Wildman–Crippen MR) is 85.2 cm³/mol. The maximum atomic E-state index is 9.30. The molecular formula is C16H18Cl2O2. The molecule has 4 heteroatoms. The van der Waals surface area contributed by atoms with Crippen molar-refractivity contribution in [2.75, 3.05) is 0 Å². The minimum absolute atomic E-state index is 0.299. The van der Waals surface area contributed by atoms with E-state index in [0.717, 1.165) is 22.3 Å². The molecule has 108 valence electrons. The second-order valence-corrected chi connectivity index (χ2v) is 5.49. The lowest BCUT2D eigenvalue weighted by molar-refractivity contribution is 0.466. The Morgan fingerprint density at radius 2 is 0.950 bits per heavy atom. The van der Waals surface area contributed by atoms with Gasteiger partial charge < -0.3 is 10.2 Å². The zero-order chi connectivity index (χ0) is 15.4. The number of phenolic OH excluding ortho intramolecular Hbond substituents is 2. The molecule has 0 saturated heterocycles. The number of halogens is 2. The van der Waals surface area contributed by atoms with Gasteiger partial charge in [-0.25, -0.2) is 0 Å². The number of rotatable bonds is 0. The Hall–Kier alpha value is -1.38. The third-order valence-electron chi connectivity index (χ3n) is 3.13. The maximum Gasteiger partial charge on any atom is 0.122 e. The molecule has 0 unspecified atom stereocenters. The van der Waals surface area contributed by atoms with Crippen molar-refractivity contribution in [2.24, 2.45) is 0 Å². The predicted octanol–water partition coefficient (Wildman–Crippen LogP) is 5.32.